The van der Waals surface area contributed by atoms with Gasteiger partial charge in [-0.3, -0.25) is 4.79 Å². The molecule has 5 heteroatoms. The molecule has 0 aliphatic heterocycles. The number of hydrogen-bond acceptors (Lipinski definition) is 4. The molecule has 1 aromatic heterocycles. The van der Waals surface area contributed by atoms with E-state index >= 15 is 0 Å². The zero-order chi connectivity index (χ0) is 17.0. The van der Waals surface area contributed by atoms with Gasteiger partial charge in [-0.15, -0.1) is 0 Å². The van der Waals surface area contributed by atoms with Gasteiger partial charge in [0.2, 0.25) is 0 Å². The molecule has 0 saturated heterocycles. The van der Waals surface area contributed by atoms with Crippen molar-refractivity contribution < 1.29 is 13.9 Å². The lowest BCUT2D eigenvalue weighted by molar-refractivity contribution is 0.0735. The minimum absolute atomic E-state index is 0.00973. The van der Waals surface area contributed by atoms with Gasteiger partial charge in [-0.05, 0) is 25.0 Å². The first-order valence-electron chi connectivity index (χ1n) is 7.78. The van der Waals surface area contributed by atoms with Crippen molar-refractivity contribution in [2.75, 3.05) is 14.2 Å². The number of ether oxygens (including phenoxy) is 1. The predicted octanol–water partition coefficient (Wildman–Crippen LogP) is 3.51. The highest BCUT2D eigenvalue weighted by Gasteiger charge is 2.25. The highest BCUT2D eigenvalue weighted by molar-refractivity contribution is 5.93. The number of methoxy groups -OCH3 is 1. The summed E-state index contributed by atoms with van der Waals surface area (Å²) in [7, 11) is 3.45. The van der Waals surface area contributed by atoms with Crippen LogP contribution in [0.25, 0.3) is 0 Å². The topological polar surface area (TPSA) is 55.6 Å². The van der Waals surface area contributed by atoms with Gasteiger partial charge in [0.25, 0.3) is 5.91 Å². The number of rotatable bonds is 6. The number of nitrogens with zero attached hydrogens (tertiary/aromatic N) is 2. The van der Waals surface area contributed by atoms with Crippen LogP contribution in [0, 0.1) is 0 Å². The summed E-state index contributed by atoms with van der Waals surface area (Å²) in [6, 6.07) is 7.87. The Morgan fingerprint density at radius 1 is 1.30 bits per heavy atom. The Morgan fingerprint density at radius 2 is 2.00 bits per heavy atom. The van der Waals surface area contributed by atoms with Gasteiger partial charge in [0, 0.05) is 19.0 Å². The predicted molar refractivity (Wildman–Crippen MR) is 88.8 cm³/mol. The Hall–Kier alpha value is -2.30. The Bertz CT molecular complexity index is 664. The third-order valence-corrected chi connectivity index (χ3v) is 4.01. The first kappa shape index (κ1) is 17.1. The van der Waals surface area contributed by atoms with Crippen molar-refractivity contribution in [1.82, 2.24) is 9.88 Å². The maximum absolute atomic E-state index is 12.7. The van der Waals surface area contributed by atoms with E-state index in [1.54, 1.807) is 19.1 Å². The highest BCUT2D eigenvalue weighted by atomic mass is 16.5. The summed E-state index contributed by atoms with van der Waals surface area (Å²) in [6.07, 6.45) is 2.04. The second-order valence-electron chi connectivity index (χ2n) is 6.00. The summed E-state index contributed by atoms with van der Waals surface area (Å²) in [5.41, 5.74) is 1.47. The summed E-state index contributed by atoms with van der Waals surface area (Å²) in [5, 5.41) is 0. The van der Waals surface area contributed by atoms with Gasteiger partial charge in [-0.1, -0.05) is 32.0 Å². The number of carbonyl (C=O) groups is 1. The molecule has 124 valence electrons. The number of amides is 1. The average Bonchev–Trinajstić information content (AvgIpc) is 3.03. The molecular weight excluding hydrogens is 292 g/mol. The van der Waals surface area contributed by atoms with Gasteiger partial charge in [-0.2, -0.15) is 0 Å². The van der Waals surface area contributed by atoms with Crippen molar-refractivity contribution in [1.29, 1.82) is 0 Å². The van der Waals surface area contributed by atoms with E-state index in [-0.39, 0.29) is 17.9 Å². The lowest BCUT2D eigenvalue weighted by Gasteiger charge is -2.25. The molecule has 2 rings (SSSR count). The molecule has 1 atom stereocenters. The highest BCUT2D eigenvalue weighted by Crippen LogP contribution is 2.23. The van der Waals surface area contributed by atoms with Crippen molar-refractivity contribution in [3.05, 3.63) is 47.7 Å². The molecule has 0 spiro atoms. The van der Waals surface area contributed by atoms with Crippen molar-refractivity contribution in [3.63, 3.8) is 0 Å². The zero-order valence-electron chi connectivity index (χ0n) is 14.4. The molecule has 2 aromatic rings. The monoisotopic (exact) mass is 316 g/mol. The molecule has 0 N–H and O–H groups in total. The summed E-state index contributed by atoms with van der Waals surface area (Å²) in [4.78, 5) is 18.5. The standard InChI is InChI=1S/C18H24N2O3/c1-12(2)17-16(19-11-23-17)18(21)20(4)13(3)10-14-8-6-7-9-15(14)22-5/h6-9,11-13H,10H2,1-5H3. The lowest BCUT2D eigenvalue weighted by Crippen LogP contribution is -2.37. The van der Waals surface area contributed by atoms with Gasteiger partial charge >= 0.3 is 0 Å². The van der Waals surface area contributed by atoms with E-state index < -0.39 is 0 Å². The normalized spacial score (nSPS) is 12.3. The van der Waals surface area contributed by atoms with Gasteiger partial charge < -0.3 is 14.1 Å². The molecule has 1 amide bonds. The molecule has 1 heterocycles. The van der Waals surface area contributed by atoms with Crippen LogP contribution in [0.3, 0.4) is 0 Å². The van der Waals surface area contributed by atoms with Crippen LogP contribution in [-0.4, -0.2) is 36.0 Å². The molecule has 0 bridgehead atoms. The second kappa shape index (κ2) is 7.31. The van der Waals surface area contributed by atoms with Gasteiger partial charge in [0.15, 0.2) is 12.1 Å². The van der Waals surface area contributed by atoms with Crippen molar-refractivity contribution in [2.45, 2.75) is 39.2 Å². The fourth-order valence-electron chi connectivity index (χ4n) is 2.52. The van der Waals surface area contributed by atoms with Crippen molar-refractivity contribution in [3.8, 4) is 5.75 Å². The second-order valence-corrected chi connectivity index (χ2v) is 6.00. The van der Waals surface area contributed by atoms with Crippen LogP contribution in [-0.2, 0) is 6.42 Å². The van der Waals surface area contributed by atoms with Crippen LogP contribution in [0.4, 0.5) is 0 Å². The van der Waals surface area contributed by atoms with Gasteiger partial charge in [0.05, 0.1) is 7.11 Å². The number of para-hydroxylation sites is 1. The van der Waals surface area contributed by atoms with Crippen molar-refractivity contribution in [2.24, 2.45) is 0 Å². The summed E-state index contributed by atoms with van der Waals surface area (Å²) in [5.74, 6) is 1.47. The fraction of sp³-hybridized carbons (Fsp3) is 0.444. The van der Waals surface area contributed by atoms with E-state index in [1.807, 2.05) is 45.0 Å². The van der Waals surface area contributed by atoms with E-state index in [9.17, 15) is 4.79 Å². The van der Waals surface area contributed by atoms with Crippen LogP contribution in [0.5, 0.6) is 5.75 Å². The third kappa shape index (κ3) is 3.73. The maximum atomic E-state index is 12.7. The van der Waals surface area contributed by atoms with E-state index in [1.165, 1.54) is 6.39 Å². The Morgan fingerprint density at radius 3 is 2.65 bits per heavy atom. The first-order valence-corrected chi connectivity index (χ1v) is 7.78. The summed E-state index contributed by atoms with van der Waals surface area (Å²) >= 11 is 0. The molecule has 0 aliphatic rings. The van der Waals surface area contributed by atoms with E-state index in [0.29, 0.717) is 17.9 Å². The van der Waals surface area contributed by atoms with Gasteiger partial charge in [0.1, 0.15) is 11.5 Å². The summed E-state index contributed by atoms with van der Waals surface area (Å²) < 4.78 is 10.7. The number of carbonyl (C=O) groups excluding carboxylic acids is 1. The van der Waals surface area contributed by atoms with Crippen LogP contribution < -0.4 is 4.74 Å². The smallest absolute Gasteiger partial charge is 0.276 e. The number of oxazole rings is 1. The van der Waals surface area contributed by atoms with Crippen LogP contribution in [0.1, 0.15) is 48.5 Å². The molecule has 0 radical (unpaired) electrons. The van der Waals surface area contributed by atoms with E-state index in [2.05, 4.69) is 4.98 Å². The Labute approximate surface area is 137 Å². The molecule has 5 nitrogen and oxygen atoms in total. The molecular formula is C18H24N2O3. The average molecular weight is 316 g/mol. The molecule has 0 saturated carbocycles. The lowest BCUT2D eigenvalue weighted by atomic mass is 10.0. The number of aromatic nitrogens is 1. The minimum Gasteiger partial charge on any atom is -0.496 e. The Kier molecular flexibility index (Phi) is 5.42. The maximum Gasteiger partial charge on any atom is 0.276 e. The first-order chi connectivity index (χ1) is 11.0. The zero-order valence-corrected chi connectivity index (χ0v) is 14.4. The SMILES string of the molecule is COc1ccccc1CC(C)N(C)C(=O)c1ncoc1C(C)C. The molecule has 1 aromatic carbocycles. The number of likely N-dealkylation sites (N-methyl/N-ethyl adjacent to an activating group) is 1. The molecule has 0 aliphatic carbocycles. The quantitative estimate of drug-likeness (QED) is 0.818. The van der Waals surface area contributed by atoms with Crippen LogP contribution in [0.2, 0.25) is 0 Å². The van der Waals surface area contributed by atoms with Crippen LogP contribution >= 0.6 is 0 Å². The third-order valence-electron chi connectivity index (χ3n) is 4.01. The minimum atomic E-state index is -0.121. The number of hydrogen-bond donors (Lipinski definition) is 0. The largest absolute Gasteiger partial charge is 0.496 e. The fourth-order valence-corrected chi connectivity index (χ4v) is 2.52. The molecule has 1 unspecified atom stereocenters. The Balaban J connectivity index is 2.14. The van der Waals surface area contributed by atoms with Crippen LogP contribution in [0.15, 0.2) is 35.1 Å². The molecule has 23 heavy (non-hydrogen) atoms. The van der Waals surface area contributed by atoms with E-state index in [0.717, 1.165) is 11.3 Å². The van der Waals surface area contributed by atoms with Gasteiger partial charge in [-0.25, -0.2) is 4.98 Å². The van der Waals surface area contributed by atoms with E-state index in [4.69, 9.17) is 9.15 Å². The number of benzene rings is 1. The molecule has 0 fully saturated rings. The summed E-state index contributed by atoms with van der Waals surface area (Å²) in [6.45, 7) is 5.98. The van der Waals surface area contributed by atoms with Crippen molar-refractivity contribution >= 4 is 5.91 Å².